The topological polar surface area (TPSA) is 56.3 Å². The first-order chi connectivity index (χ1) is 15.2. The van der Waals surface area contributed by atoms with Crippen molar-refractivity contribution in [2.75, 3.05) is 47.8 Å². The zero-order valence-corrected chi connectivity index (χ0v) is 18.8. The van der Waals surface area contributed by atoms with Gasteiger partial charge >= 0.3 is 0 Å². The molecule has 2 saturated heterocycles. The van der Waals surface area contributed by atoms with E-state index in [0.29, 0.717) is 11.1 Å². The van der Waals surface area contributed by atoms with Crippen LogP contribution in [0.3, 0.4) is 0 Å². The number of anilines is 3. The molecule has 1 aromatic heterocycles. The normalized spacial score (nSPS) is 16.4. The standard InChI is InChI=1S/C23H31FN6S/c24-19-10-8-18(9-11-19)7-6-12-25-23(31)28-22-26-20(29-13-2-1-3-14-29)17-21(27-22)30-15-4-5-16-30/h8-11,17H,1-7,12-16H2,(H2,25,26,27,28,31). The van der Waals surface area contributed by atoms with Gasteiger partial charge in [-0.25, -0.2) is 4.39 Å². The van der Waals surface area contributed by atoms with Crippen molar-refractivity contribution in [1.82, 2.24) is 15.3 Å². The number of nitrogens with zero attached hydrogens (tertiary/aromatic N) is 4. The van der Waals surface area contributed by atoms with E-state index in [9.17, 15) is 4.39 Å². The van der Waals surface area contributed by atoms with Crippen molar-refractivity contribution in [1.29, 1.82) is 0 Å². The van der Waals surface area contributed by atoms with Crippen LogP contribution in [0.15, 0.2) is 30.3 Å². The van der Waals surface area contributed by atoms with Gasteiger partial charge in [-0.2, -0.15) is 9.97 Å². The summed E-state index contributed by atoms with van der Waals surface area (Å²) in [5.41, 5.74) is 1.12. The molecule has 8 heteroatoms. The van der Waals surface area contributed by atoms with E-state index in [1.165, 1.54) is 44.2 Å². The summed E-state index contributed by atoms with van der Waals surface area (Å²) in [7, 11) is 0. The summed E-state index contributed by atoms with van der Waals surface area (Å²) in [4.78, 5) is 14.2. The maximum atomic E-state index is 13.0. The summed E-state index contributed by atoms with van der Waals surface area (Å²) in [5, 5.41) is 6.96. The van der Waals surface area contributed by atoms with E-state index < -0.39 is 0 Å². The molecule has 2 aromatic rings. The Morgan fingerprint density at radius 3 is 2.10 bits per heavy atom. The van der Waals surface area contributed by atoms with Crippen LogP contribution in [0.5, 0.6) is 0 Å². The molecule has 166 valence electrons. The third kappa shape index (κ3) is 6.26. The molecule has 4 rings (SSSR count). The highest BCUT2D eigenvalue weighted by atomic mass is 32.1. The summed E-state index contributed by atoms with van der Waals surface area (Å²) in [5.74, 6) is 2.32. The fraction of sp³-hybridized carbons (Fsp3) is 0.522. The lowest BCUT2D eigenvalue weighted by Crippen LogP contribution is -2.33. The minimum absolute atomic E-state index is 0.202. The molecule has 2 aliphatic heterocycles. The number of nitrogens with one attached hydrogen (secondary N) is 2. The van der Waals surface area contributed by atoms with Gasteiger partial charge < -0.3 is 20.4 Å². The van der Waals surface area contributed by atoms with Gasteiger partial charge in [0.2, 0.25) is 5.95 Å². The molecule has 0 atom stereocenters. The molecular formula is C23H31FN6S. The molecule has 0 saturated carbocycles. The average Bonchev–Trinajstić information content (AvgIpc) is 3.33. The van der Waals surface area contributed by atoms with Crippen molar-refractivity contribution in [3.05, 3.63) is 41.7 Å². The number of benzene rings is 1. The van der Waals surface area contributed by atoms with Crippen LogP contribution in [0.2, 0.25) is 0 Å². The molecule has 1 aromatic carbocycles. The molecule has 0 spiro atoms. The zero-order chi connectivity index (χ0) is 21.5. The summed E-state index contributed by atoms with van der Waals surface area (Å²) in [6, 6.07) is 8.78. The van der Waals surface area contributed by atoms with E-state index in [4.69, 9.17) is 22.2 Å². The highest BCUT2D eigenvalue weighted by molar-refractivity contribution is 7.80. The van der Waals surface area contributed by atoms with Crippen LogP contribution in [0, 0.1) is 5.82 Å². The maximum Gasteiger partial charge on any atom is 0.232 e. The molecule has 0 radical (unpaired) electrons. The molecule has 0 bridgehead atoms. The van der Waals surface area contributed by atoms with Gasteiger partial charge in [0, 0.05) is 38.8 Å². The highest BCUT2D eigenvalue weighted by Crippen LogP contribution is 2.26. The first-order valence-corrected chi connectivity index (χ1v) is 11.8. The summed E-state index contributed by atoms with van der Waals surface area (Å²) in [6.07, 6.45) is 7.90. The Morgan fingerprint density at radius 2 is 1.48 bits per heavy atom. The van der Waals surface area contributed by atoms with E-state index in [1.807, 2.05) is 12.1 Å². The number of thiocarbonyl (C=S) groups is 1. The molecule has 2 aliphatic rings. The summed E-state index contributed by atoms with van der Waals surface area (Å²) < 4.78 is 13.0. The van der Waals surface area contributed by atoms with Crippen LogP contribution < -0.4 is 20.4 Å². The van der Waals surface area contributed by atoms with Gasteiger partial charge in [-0.3, -0.25) is 0 Å². The molecule has 2 N–H and O–H groups in total. The third-order valence-electron chi connectivity index (χ3n) is 5.88. The molecule has 0 amide bonds. The van der Waals surface area contributed by atoms with Crippen molar-refractivity contribution >= 4 is 34.9 Å². The van der Waals surface area contributed by atoms with Crippen LogP contribution in [-0.4, -0.2) is 47.8 Å². The van der Waals surface area contributed by atoms with E-state index in [2.05, 4.69) is 26.5 Å². The molecule has 2 fully saturated rings. The number of piperidine rings is 1. The lowest BCUT2D eigenvalue weighted by Gasteiger charge is -2.29. The molecule has 0 unspecified atom stereocenters. The van der Waals surface area contributed by atoms with Crippen LogP contribution in [0.1, 0.15) is 44.1 Å². The Morgan fingerprint density at radius 1 is 0.903 bits per heavy atom. The van der Waals surface area contributed by atoms with Gasteiger partial charge in [-0.15, -0.1) is 0 Å². The Labute approximate surface area is 189 Å². The third-order valence-corrected chi connectivity index (χ3v) is 6.12. The summed E-state index contributed by atoms with van der Waals surface area (Å²) >= 11 is 5.48. The van der Waals surface area contributed by atoms with Crippen molar-refractivity contribution < 1.29 is 4.39 Å². The second-order valence-corrected chi connectivity index (χ2v) is 8.67. The van der Waals surface area contributed by atoms with Gasteiger partial charge in [0.1, 0.15) is 17.5 Å². The Balaban J connectivity index is 1.34. The SMILES string of the molecule is Fc1ccc(CCCNC(=S)Nc2nc(N3CCCCC3)cc(N3CCCC3)n2)cc1. The Hall–Kier alpha value is -2.48. The molecule has 6 nitrogen and oxygen atoms in total. The second-order valence-electron chi connectivity index (χ2n) is 8.26. The molecule has 3 heterocycles. The highest BCUT2D eigenvalue weighted by Gasteiger charge is 2.19. The van der Waals surface area contributed by atoms with Crippen LogP contribution in [0.4, 0.5) is 22.0 Å². The van der Waals surface area contributed by atoms with E-state index in [0.717, 1.165) is 62.8 Å². The second kappa shape index (κ2) is 10.7. The van der Waals surface area contributed by atoms with Gasteiger partial charge in [-0.1, -0.05) is 12.1 Å². The number of hydrogen-bond acceptors (Lipinski definition) is 5. The lowest BCUT2D eigenvalue weighted by atomic mass is 10.1. The van der Waals surface area contributed by atoms with Crippen LogP contribution in [0.25, 0.3) is 0 Å². The van der Waals surface area contributed by atoms with E-state index >= 15 is 0 Å². The van der Waals surface area contributed by atoms with Gasteiger partial charge in [0.05, 0.1) is 0 Å². The van der Waals surface area contributed by atoms with Crippen molar-refractivity contribution in [2.45, 2.75) is 44.9 Å². The van der Waals surface area contributed by atoms with Gasteiger partial charge in [0.15, 0.2) is 5.11 Å². The number of aromatic nitrogens is 2. The first-order valence-electron chi connectivity index (χ1n) is 11.4. The minimum Gasteiger partial charge on any atom is -0.362 e. The van der Waals surface area contributed by atoms with Crippen molar-refractivity contribution in [3.8, 4) is 0 Å². The van der Waals surface area contributed by atoms with Crippen LogP contribution >= 0.6 is 12.2 Å². The molecule has 31 heavy (non-hydrogen) atoms. The number of aryl methyl sites for hydroxylation is 1. The molecular weight excluding hydrogens is 411 g/mol. The van der Waals surface area contributed by atoms with Crippen molar-refractivity contribution in [3.63, 3.8) is 0 Å². The fourth-order valence-electron chi connectivity index (χ4n) is 4.16. The van der Waals surface area contributed by atoms with E-state index in [1.54, 1.807) is 0 Å². The van der Waals surface area contributed by atoms with Gasteiger partial charge in [-0.05, 0) is 74.9 Å². The number of halogens is 1. The molecule has 0 aliphatic carbocycles. The minimum atomic E-state index is -0.202. The quantitative estimate of drug-likeness (QED) is 0.494. The van der Waals surface area contributed by atoms with Gasteiger partial charge in [0.25, 0.3) is 0 Å². The largest absolute Gasteiger partial charge is 0.362 e. The number of rotatable bonds is 7. The Kier molecular flexibility index (Phi) is 7.51. The van der Waals surface area contributed by atoms with E-state index in [-0.39, 0.29) is 5.82 Å². The first kappa shape index (κ1) is 21.7. The lowest BCUT2D eigenvalue weighted by molar-refractivity contribution is 0.573. The Bertz CT molecular complexity index is 863. The van der Waals surface area contributed by atoms with Crippen LogP contribution in [-0.2, 0) is 6.42 Å². The average molecular weight is 443 g/mol. The maximum absolute atomic E-state index is 13.0. The predicted octanol–water partition coefficient (Wildman–Crippen LogP) is 4.13. The zero-order valence-electron chi connectivity index (χ0n) is 17.9. The predicted molar refractivity (Wildman–Crippen MR) is 128 cm³/mol. The summed E-state index contributed by atoms with van der Waals surface area (Å²) in [6.45, 7) is 4.90. The monoisotopic (exact) mass is 442 g/mol. The van der Waals surface area contributed by atoms with Crippen molar-refractivity contribution in [2.24, 2.45) is 0 Å². The fourth-order valence-corrected chi connectivity index (χ4v) is 4.36. The number of hydrogen-bond donors (Lipinski definition) is 2. The smallest absolute Gasteiger partial charge is 0.232 e.